The van der Waals surface area contributed by atoms with Crippen LogP contribution in [0.3, 0.4) is 0 Å². The van der Waals surface area contributed by atoms with Crippen LogP contribution in [0.2, 0.25) is 0 Å². The van der Waals surface area contributed by atoms with Crippen molar-refractivity contribution in [2.24, 2.45) is 5.92 Å². The van der Waals surface area contributed by atoms with Crippen LogP contribution < -0.4 is 11.1 Å². The average molecular weight is 363 g/mol. The second kappa shape index (κ2) is 7.67. The van der Waals surface area contributed by atoms with Crippen molar-refractivity contribution in [1.29, 1.82) is 0 Å². The smallest absolute Gasteiger partial charge is 0.266 e. The van der Waals surface area contributed by atoms with Crippen LogP contribution in [0.15, 0.2) is 70.6 Å². The first-order valence-corrected chi connectivity index (χ1v) is 9.05. The van der Waals surface area contributed by atoms with Gasteiger partial charge in [-0.15, -0.1) is 0 Å². The number of rotatable bonds is 6. The second-order valence-corrected chi connectivity index (χ2v) is 6.83. The average Bonchev–Trinajstić information content (AvgIpc) is 2.67. The van der Waals surface area contributed by atoms with Crippen molar-refractivity contribution in [3.8, 4) is 11.3 Å². The standard InChI is InChI=1S/C20H21N5O2/c26-19-3-1-2-10-24(19)12-11-23-13-16(14-23)15-25-20(27)5-4-18(22-25)17-6-8-21-9-7-17/h1-10,16H,11-15H2. The van der Waals surface area contributed by atoms with Gasteiger partial charge in [-0.1, -0.05) is 6.07 Å². The fraction of sp³-hybridized carbons (Fsp3) is 0.300. The predicted molar refractivity (Wildman–Crippen MR) is 102 cm³/mol. The second-order valence-electron chi connectivity index (χ2n) is 6.83. The Morgan fingerprint density at radius 2 is 1.74 bits per heavy atom. The van der Waals surface area contributed by atoms with Crippen molar-refractivity contribution >= 4 is 0 Å². The van der Waals surface area contributed by atoms with E-state index in [1.807, 2.05) is 24.4 Å². The summed E-state index contributed by atoms with van der Waals surface area (Å²) in [4.78, 5) is 30.2. The summed E-state index contributed by atoms with van der Waals surface area (Å²) >= 11 is 0. The Morgan fingerprint density at radius 3 is 2.52 bits per heavy atom. The molecular weight excluding hydrogens is 342 g/mol. The van der Waals surface area contributed by atoms with Crippen molar-refractivity contribution in [2.45, 2.75) is 13.1 Å². The largest absolute Gasteiger partial charge is 0.314 e. The SMILES string of the molecule is O=c1ccccn1CCN1CC(Cn2nc(-c3ccncc3)ccc2=O)C1. The van der Waals surface area contributed by atoms with Crippen LogP contribution in [-0.4, -0.2) is 43.9 Å². The first-order chi connectivity index (χ1) is 13.2. The van der Waals surface area contributed by atoms with E-state index in [2.05, 4.69) is 15.0 Å². The van der Waals surface area contributed by atoms with E-state index >= 15 is 0 Å². The molecule has 27 heavy (non-hydrogen) atoms. The van der Waals surface area contributed by atoms with Gasteiger partial charge in [0.05, 0.1) is 12.2 Å². The molecule has 138 valence electrons. The molecule has 0 atom stereocenters. The molecule has 1 saturated heterocycles. The summed E-state index contributed by atoms with van der Waals surface area (Å²) in [5, 5.41) is 4.51. The molecule has 3 aromatic heterocycles. The lowest BCUT2D eigenvalue weighted by Crippen LogP contribution is -2.50. The summed E-state index contributed by atoms with van der Waals surface area (Å²) in [6.45, 7) is 3.95. The molecule has 0 amide bonds. The lowest BCUT2D eigenvalue weighted by molar-refractivity contribution is 0.0803. The predicted octanol–water partition coefficient (Wildman–Crippen LogP) is 1.10. The summed E-state index contributed by atoms with van der Waals surface area (Å²) in [6.07, 6.45) is 5.25. The molecule has 0 saturated carbocycles. The van der Waals surface area contributed by atoms with Crippen molar-refractivity contribution in [2.75, 3.05) is 19.6 Å². The molecule has 0 aliphatic carbocycles. The van der Waals surface area contributed by atoms with Crippen LogP contribution in [0, 0.1) is 5.92 Å². The van der Waals surface area contributed by atoms with E-state index in [4.69, 9.17) is 0 Å². The molecular formula is C20H21N5O2. The first-order valence-electron chi connectivity index (χ1n) is 9.05. The van der Waals surface area contributed by atoms with Gasteiger partial charge in [0.1, 0.15) is 0 Å². The van der Waals surface area contributed by atoms with Crippen LogP contribution in [-0.2, 0) is 13.1 Å². The Balaban J connectivity index is 1.34. The molecule has 0 bridgehead atoms. The fourth-order valence-corrected chi connectivity index (χ4v) is 3.37. The molecule has 1 aliphatic heterocycles. The summed E-state index contributed by atoms with van der Waals surface area (Å²) in [5.41, 5.74) is 1.67. The zero-order valence-corrected chi connectivity index (χ0v) is 14.9. The molecule has 1 aliphatic rings. The highest BCUT2D eigenvalue weighted by Gasteiger charge is 2.27. The third-order valence-electron chi connectivity index (χ3n) is 4.86. The van der Waals surface area contributed by atoms with Crippen LogP contribution in [0.1, 0.15) is 0 Å². The van der Waals surface area contributed by atoms with Gasteiger partial charge in [0.2, 0.25) is 0 Å². The minimum Gasteiger partial charge on any atom is -0.314 e. The third kappa shape index (κ3) is 4.03. The zero-order chi connectivity index (χ0) is 18.6. The Kier molecular flexibility index (Phi) is 4.93. The number of likely N-dealkylation sites (tertiary alicyclic amines) is 1. The van der Waals surface area contributed by atoms with Crippen molar-refractivity contribution in [1.82, 2.24) is 24.2 Å². The van der Waals surface area contributed by atoms with Crippen molar-refractivity contribution in [3.05, 3.63) is 81.8 Å². The molecule has 0 N–H and O–H groups in total. The Morgan fingerprint density at radius 1 is 0.926 bits per heavy atom. The Hall–Kier alpha value is -3.06. The topological polar surface area (TPSA) is 73.0 Å². The van der Waals surface area contributed by atoms with E-state index in [1.54, 1.807) is 45.9 Å². The molecule has 1 fully saturated rings. The molecule has 0 aromatic carbocycles. The minimum atomic E-state index is -0.0814. The molecule has 0 spiro atoms. The van der Waals surface area contributed by atoms with Crippen molar-refractivity contribution in [3.63, 3.8) is 0 Å². The Bertz CT molecular complexity index is 1020. The molecule has 4 rings (SSSR count). The maximum atomic E-state index is 12.1. The molecule has 7 nitrogen and oxygen atoms in total. The van der Waals surface area contributed by atoms with Gasteiger partial charge >= 0.3 is 0 Å². The highest BCUT2D eigenvalue weighted by Crippen LogP contribution is 2.18. The van der Waals surface area contributed by atoms with Gasteiger partial charge in [-0.05, 0) is 24.3 Å². The van der Waals surface area contributed by atoms with Gasteiger partial charge in [-0.2, -0.15) is 5.10 Å². The monoisotopic (exact) mass is 363 g/mol. The van der Waals surface area contributed by atoms with Gasteiger partial charge in [0.25, 0.3) is 11.1 Å². The Labute approximate surface area is 156 Å². The first kappa shape index (κ1) is 17.4. The molecule has 0 radical (unpaired) electrons. The third-order valence-corrected chi connectivity index (χ3v) is 4.86. The number of hydrogen-bond acceptors (Lipinski definition) is 5. The summed E-state index contributed by atoms with van der Waals surface area (Å²) in [7, 11) is 0. The van der Waals surface area contributed by atoms with Crippen molar-refractivity contribution < 1.29 is 0 Å². The molecule has 0 unspecified atom stereocenters. The maximum Gasteiger partial charge on any atom is 0.266 e. The van der Waals surface area contributed by atoms with E-state index in [9.17, 15) is 9.59 Å². The summed E-state index contributed by atoms with van der Waals surface area (Å²) < 4.78 is 3.27. The van der Waals surface area contributed by atoms with Gasteiger partial charge < -0.3 is 9.47 Å². The quantitative estimate of drug-likeness (QED) is 0.656. The van der Waals surface area contributed by atoms with Gasteiger partial charge in [-0.3, -0.25) is 14.6 Å². The minimum absolute atomic E-state index is 0.0262. The van der Waals surface area contributed by atoms with Crippen LogP contribution in [0.25, 0.3) is 11.3 Å². The number of nitrogens with zero attached hydrogens (tertiary/aromatic N) is 5. The number of hydrogen-bond donors (Lipinski definition) is 0. The van der Waals surface area contributed by atoms with E-state index in [0.717, 1.165) is 30.9 Å². The van der Waals surface area contributed by atoms with E-state index < -0.39 is 0 Å². The van der Waals surface area contributed by atoms with E-state index in [-0.39, 0.29) is 11.1 Å². The van der Waals surface area contributed by atoms with Crippen LogP contribution in [0.4, 0.5) is 0 Å². The molecule has 3 aromatic rings. The summed E-state index contributed by atoms with van der Waals surface area (Å²) in [6, 6.07) is 12.3. The molecule has 4 heterocycles. The van der Waals surface area contributed by atoms with E-state index in [1.165, 1.54) is 0 Å². The number of aromatic nitrogens is 4. The zero-order valence-electron chi connectivity index (χ0n) is 14.9. The van der Waals surface area contributed by atoms with E-state index in [0.29, 0.717) is 19.0 Å². The van der Waals surface area contributed by atoms with Gasteiger partial charge in [-0.25, -0.2) is 4.68 Å². The molecule has 7 heteroatoms. The highest BCUT2D eigenvalue weighted by molar-refractivity contribution is 5.56. The summed E-state index contributed by atoms with van der Waals surface area (Å²) in [5.74, 6) is 0.399. The van der Waals surface area contributed by atoms with Crippen LogP contribution >= 0.6 is 0 Å². The number of pyridine rings is 2. The maximum absolute atomic E-state index is 12.1. The highest BCUT2D eigenvalue weighted by atomic mass is 16.1. The fourth-order valence-electron chi connectivity index (χ4n) is 3.37. The van der Waals surface area contributed by atoms with Gasteiger partial charge in [0.15, 0.2) is 0 Å². The van der Waals surface area contributed by atoms with Crippen LogP contribution in [0.5, 0.6) is 0 Å². The lowest BCUT2D eigenvalue weighted by atomic mass is 10.0. The van der Waals surface area contributed by atoms with Gasteiger partial charge in [0, 0.05) is 68.4 Å². The normalized spacial score (nSPS) is 14.8. The lowest BCUT2D eigenvalue weighted by Gasteiger charge is -2.39.